The Morgan fingerprint density at radius 1 is 1.24 bits per heavy atom. The molecule has 0 aromatic carbocycles. The Balaban J connectivity index is 1.90. The molecule has 1 aliphatic rings. The number of amides is 1. The zero-order valence-corrected chi connectivity index (χ0v) is 12.5. The summed E-state index contributed by atoms with van der Waals surface area (Å²) in [6, 6.07) is 1.86. The van der Waals surface area contributed by atoms with Crippen molar-refractivity contribution in [2.45, 2.75) is 39.7 Å². The van der Waals surface area contributed by atoms with Gasteiger partial charge in [-0.1, -0.05) is 0 Å². The molecule has 0 spiro atoms. The Kier molecular flexibility index (Phi) is 3.45. The summed E-state index contributed by atoms with van der Waals surface area (Å²) in [5.41, 5.74) is 2.20. The van der Waals surface area contributed by atoms with E-state index in [0.717, 1.165) is 30.1 Å². The highest BCUT2D eigenvalue weighted by Gasteiger charge is 2.33. The minimum Gasteiger partial charge on any atom is -0.448 e. The van der Waals surface area contributed by atoms with Gasteiger partial charge in [0.25, 0.3) is 5.91 Å². The average molecular weight is 286 g/mol. The van der Waals surface area contributed by atoms with E-state index < -0.39 is 0 Å². The number of likely N-dealkylation sites (tertiary alicyclic amines) is 1. The highest BCUT2D eigenvalue weighted by atomic mass is 16.3. The molecule has 1 aliphatic heterocycles. The molecule has 0 N–H and O–H groups in total. The van der Waals surface area contributed by atoms with E-state index >= 15 is 0 Å². The molecule has 2 aromatic rings. The molecule has 3 heterocycles. The van der Waals surface area contributed by atoms with Crippen LogP contribution in [-0.4, -0.2) is 32.3 Å². The first-order chi connectivity index (χ1) is 10.0. The summed E-state index contributed by atoms with van der Waals surface area (Å²) in [7, 11) is 0. The first-order valence-corrected chi connectivity index (χ1v) is 7.10. The summed E-state index contributed by atoms with van der Waals surface area (Å²) < 4.78 is 5.13. The Labute approximate surface area is 123 Å². The van der Waals surface area contributed by atoms with Gasteiger partial charge >= 0.3 is 0 Å². The van der Waals surface area contributed by atoms with Crippen LogP contribution in [0.15, 0.2) is 16.7 Å². The molecule has 21 heavy (non-hydrogen) atoms. The maximum absolute atomic E-state index is 12.6. The van der Waals surface area contributed by atoms with Gasteiger partial charge in [-0.25, -0.2) is 15.0 Å². The second-order valence-corrected chi connectivity index (χ2v) is 5.42. The number of aryl methyl sites for hydroxylation is 3. The summed E-state index contributed by atoms with van der Waals surface area (Å²) in [6.45, 7) is 6.32. The minimum absolute atomic E-state index is 0.0758. The molecule has 0 radical (unpaired) electrons. The van der Waals surface area contributed by atoms with Crippen molar-refractivity contribution >= 4 is 5.91 Å². The van der Waals surface area contributed by atoms with Crippen LogP contribution in [0.25, 0.3) is 0 Å². The van der Waals surface area contributed by atoms with Crippen molar-refractivity contribution in [2.24, 2.45) is 0 Å². The number of carbonyl (C=O) groups is 1. The SMILES string of the molecule is Cc1cc(C)nc(C2CCCN2C(=O)c2coc(C)n2)n1. The molecule has 1 atom stereocenters. The van der Waals surface area contributed by atoms with E-state index in [-0.39, 0.29) is 11.9 Å². The van der Waals surface area contributed by atoms with Crippen LogP contribution in [0.3, 0.4) is 0 Å². The molecule has 1 fully saturated rings. The van der Waals surface area contributed by atoms with E-state index in [1.807, 2.05) is 19.9 Å². The highest BCUT2D eigenvalue weighted by Crippen LogP contribution is 2.31. The average Bonchev–Trinajstić information content (AvgIpc) is 3.05. The lowest BCUT2D eigenvalue weighted by Gasteiger charge is -2.23. The largest absolute Gasteiger partial charge is 0.448 e. The molecular formula is C15H18N4O2. The minimum atomic E-state index is -0.114. The Hall–Kier alpha value is -2.24. The number of carbonyl (C=O) groups excluding carboxylic acids is 1. The monoisotopic (exact) mass is 286 g/mol. The van der Waals surface area contributed by atoms with Gasteiger partial charge in [-0.05, 0) is 32.8 Å². The number of oxazole rings is 1. The standard InChI is InChI=1S/C15H18N4O2/c1-9-7-10(2)17-14(16-9)13-5-4-6-19(13)15(20)12-8-21-11(3)18-12/h7-8,13H,4-6H2,1-3H3. The van der Waals surface area contributed by atoms with Crippen LogP contribution < -0.4 is 0 Å². The van der Waals surface area contributed by atoms with E-state index in [0.29, 0.717) is 18.1 Å². The van der Waals surface area contributed by atoms with Crippen LogP contribution >= 0.6 is 0 Å². The number of rotatable bonds is 2. The van der Waals surface area contributed by atoms with Crippen LogP contribution in [0.4, 0.5) is 0 Å². The van der Waals surface area contributed by atoms with Crippen molar-refractivity contribution < 1.29 is 9.21 Å². The molecule has 1 saturated heterocycles. The van der Waals surface area contributed by atoms with Crippen molar-refractivity contribution in [3.05, 3.63) is 41.1 Å². The second kappa shape index (κ2) is 5.27. The first-order valence-electron chi connectivity index (χ1n) is 7.10. The summed E-state index contributed by atoms with van der Waals surface area (Å²) in [6.07, 6.45) is 3.24. The van der Waals surface area contributed by atoms with Gasteiger partial charge in [-0.3, -0.25) is 4.79 Å². The third-order valence-electron chi connectivity index (χ3n) is 3.65. The van der Waals surface area contributed by atoms with Crippen LogP contribution in [0.1, 0.15) is 52.5 Å². The predicted molar refractivity (Wildman–Crippen MR) is 75.8 cm³/mol. The topological polar surface area (TPSA) is 72.1 Å². The third-order valence-corrected chi connectivity index (χ3v) is 3.65. The maximum atomic E-state index is 12.6. The molecule has 0 bridgehead atoms. The lowest BCUT2D eigenvalue weighted by molar-refractivity contribution is 0.0723. The first kappa shape index (κ1) is 13.7. The lowest BCUT2D eigenvalue weighted by Crippen LogP contribution is -2.32. The fourth-order valence-corrected chi connectivity index (χ4v) is 2.79. The highest BCUT2D eigenvalue weighted by molar-refractivity contribution is 5.92. The molecular weight excluding hydrogens is 268 g/mol. The predicted octanol–water partition coefficient (Wildman–Crippen LogP) is 2.37. The lowest BCUT2D eigenvalue weighted by atomic mass is 10.2. The van der Waals surface area contributed by atoms with E-state index in [9.17, 15) is 4.79 Å². The molecule has 0 saturated carbocycles. The molecule has 110 valence electrons. The number of hydrogen-bond donors (Lipinski definition) is 0. The van der Waals surface area contributed by atoms with Crippen molar-refractivity contribution in [2.75, 3.05) is 6.54 Å². The second-order valence-electron chi connectivity index (χ2n) is 5.42. The van der Waals surface area contributed by atoms with Crippen LogP contribution in [0.2, 0.25) is 0 Å². The molecule has 6 nitrogen and oxygen atoms in total. The van der Waals surface area contributed by atoms with Gasteiger partial charge in [0.2, 0.25) is 0 Å². The normalized spacial score (nSPS) is 18.2. The van der Waals surface area contributed by atoms with Crippen molar-refractivity contribution in [1.82, 2.24) is 19.9 Å². The molecule has 1 amide bonds. The Morgan fingerprint density at radius 3 is 2.57 bits per heavy atom. The summed E-state index contributed by atoms with van der Waals surface area (Å²) in [5, 5.41) is 0. The molecule has 0 aliphatic carbocycles. The molecule has 6 heteroatoms. The van der Waals surface area contributed by atoms with Gasteiger partial charge < -0.3 is 9.32 Å². The van der Waals surface area contributed by atoms with Crippen LogP contribution in [0, 0.1) is 20.8 Å². The van der Waals surface area contributed by atoms with Crippen LogP contribution in [-0.2, 0) is 0 Å². The summed E-state index contributed by atoms with van der Waals surface area (Å²) in [4.78, 5) is 27.5. The van der Waals surface area contributed by atoms with E-state index in [1.54, 1.807) is 11.8 Å². The number of hydrogen-bond acceptors (Lipinski definition) is 5. The van der Waals surface area contributed by atoms with Gasteiger partial charge in [0.15, 0.2) is 17.4 Å². The zero-order chi connectivity index (χ0) is 15.0. The van der Waals surface area contributed by atoms with E-state index in [4.69, 9.17) is 4.42 Å². The molecule has 3 rings (SSSR count). The third kappa shape index (κ3) is 2.66. The zero-order valence-electron chi connectivity index (χ0n) is 12.5. The van der Waals surface area contributed by atoms with E-state index in [1.165, 1.54) is 6.26 Å². The summed E-state index contributed by atoms with van der Waals surface area (Å²) in [5.74, 6) is 1.10. The van der Waals surface area contributed by atoms with Crippen molar-refractivity contribution in [1.29, 1.82) is 0 Å². The Bertz CT molecular complexity index is 660. The quantitative estimate of drug-likeness (QED) is 0.847. The fourth-order valence-electron chi connectivity index (χ4n) is 2.79. The van der Waals surface area contributed by atoms with Crippen LogP contribution in [0.5, 0.6) is 0 Å². The van der Waals surface area contributed by atoms with Gasteiger partial charge in [-0.2, -0.15) is 0 Å². The smallest absolute Gasteiger partial charge is 0.276 e. The van der Waals surface area contributed by atoms with Crippen molar-refractivity contribution in [3.8, 4) is 0 Å². The van der Waals surface area contributed by atoms with Crippen molar-refractivity contribution in [3.63, 3.8) is 0 Å². The van der Waals surface area contributed by atoms with Gasteiger partial charge in [0.05, 0.1) is 6.04 Å². The van der Waals surface area contributed by atoms with Gasteiger partial charge in [0.1, 0.15) is 6.26 Å². The molecule has 1 unspecified atom stereocenters. The maximum Gasteiger partial charge on any atom is 0.276 e. The number of aromatic nitrogens is 3. The van der Waals surface area contributed by atoms with E-state index in [2.05, 4.69) is 15.0 Å². The summed E-state index contributed by atoms with van der Waals surface area (Å²) >= 11 is 0. The number of nitrogens with zero attached hydrogens (tertiary/aromatic N) is 4. The molecule has 2 aromatic heterocycles. The van der Waals surface area contributed by atoms with Gasteiger partial charge in [0, 0.05) is 24.9 Å². The fraction of sp³-hybridized carbons (Fsp3) is 0.467. The Morgan fingerprint density at radius 2 is 1.95 bits per heavy atom. The van der Waals surface area contributed by atoms with Gasteiger partial charge in [-0.15, -0.1) is 0 Å².